The zero-order valence-corrected chi connectivity index (χ0v) is 10.2. The van der Waals surface area contributed by atoms with Crippen molar-refractivity contribution in [2.75, 3.05) is 13.1 Å². The second kappa shape index (κ2) is 7.75. The molecule has 0 saturated carbocycles. The summed E-state index contributed by atoms with van der Waals surface area (Å²) in [6.45, 7) is 3.58. The molecule has 0 aromatic carbocycles. The number of likely N-dealkylation sites (N-methyl/N-ethyl adjacent to an activating group) is 1. The van der Waals surface area contributed by atoms with Crippen LogP contribution in [0.1, 0.15) is 13.8 Å². The van der Waals surface area contributed by atoms with Gasteiger partial charge < -0.3 is 21.2 Å². The minimum absolute atomic E-state index is 0.0342. The molecule has 0 bridgehead atoms. The number of amides is 4. The summed E-state index contributed by atoms with van der Waals surface area (Å²) in [6, 6.07) is -1.69. The van der Waals surface area contributed by atoms with Gasteiger partial charge in [0.2, 0.25) is 0 Å². The Balaban J connectivity index is 4.78. The molecule has 0 aliphatic rings. The number of nitrogens with two attached hydrogens (primary N) is 2. The first kappa shape index (κ1) is 15.5. The van der Waals surface area contributed by atoms with E-state index < -0.39 is 18.0 Å². The summed E-state index contributed by atoms with van der Waals surface area (Å²) in [5.74, 6) is -0.869. The van der Waals surface area contributed by atoms with Crippen LogP contribution in [0.2, 0.25) is 0 Å². The molecule has 0 aromatic heterocycles. The van der Waals surface area contributed by atoms with Gasteiger partial charge >= 0.3 is 18.0 Å². The van der Waals surface area contributed by atoms with E-state index in [1.54, 1.807) is 19.3 Å². The molecule has 0 atom stereocenters. The van der Waals surface area contributed by atoms with Gasteiger partial charge in [-0.25, -0.2) is 14.4 Å². The lowest BCUT2D eigenvalue weighted by Crippen LogP contribution is -2.39. The monoisotopic (exact) mass is 256 g/mol. The van der Waals surface area contributed by atoms with E-state index in [4.69, 9.17) is 11.5 Å². The largest absolute Gasteiger partial charge is 0.368 e. The topological polar surface area (TPSA) is 128 Å². The van der Waals surface area contributed by atoms with Gasteiger partial charge in [0.15, 0.2) is 0 Å². The Hall–Kier alpha value is -2.47. The minimum Gasteiger partial charge on any atom is -0.351 e. The molecule has 18 heavy (non-hydrogen) atoms. The number of urea groups is 2. The van der Waals surface area contributed by atoms with Crippen LogP contribution in [-0.2, 0) is 9.63 Å². The van der Waals surface area contributed by atoms with Crippen LogP contribution in [0.15, 0.2) is 17.4 Å². The van der Waals surface area contributed by atoms with Gasteiger partial charge in [0, 0.05) is 6.54 Å². The number of primary amides is 2. The maximum Gasteiger partial charge on any atom is 0.368 e. The molecule has 0 aliphatic carbocycles. The maximum atomic E-state index is 11.5. The molecule has 0 radical (unpaired) electrons. The molecule has 8 heteroatoms. The predicted molar refractivity (Wildman–Crippen MR) is 62.9 cm³/mol. The number of hydroxylamine groups is 1. The number of nitrogens with zero attached hydrogens (tertiary/aromatic N) is 1. The van der Waals surface area contributed by atoms with Gasteiger partial charge in [0.05, 0.1) is 6.54 Å². The van der Waals surface area contributed by atoms with E-state index in [9.17, 15) is 14.4 Å². The van der Waals surface area contributed by atoms with Gasteiger partial charge in [-0.05, 0) is 19.9 Å². The van der Waals surface area contributed by atoms with Crippen molar-refractivity contribution >= 4 is 18.0 Å². The molecule has 0 rings (SSSR count). The van der Waals surface area contributed by atoms with Crippen LogP contribution in [-0.4, -0.2) is 36.0 Å². The van der Waals surface area contributed by atoms with Crippen LogP contribution in [0.3, 0.4) is 0 Å². The zero-order valence-electron chi connectivity index (χ0n) is 10.2. The van der Waals surface area contributed by atoms with Crippen LogP contribution in [0.5, 0.6) is 0 Å². The van der Waals surface area contributed by atoms with Crippen molar-refractivity contribution in [2.24, 2.45) is 11.5 Å². The number of carbonyl (C=O) groups is 3. The number of hydrogen-bond acceptors (Lipinski definition) is 4. The van der Waals surface area contributed by atoms with E-state index in [1.807, 2.05) is 0 Å². The van der Waals surface area contributed by atoms with Gasteiger partial charge in [-0.3, -0.25) is 0 Å². The molecule has 4 amide bonds. The molecule has 8 nitrogen and oxygen atoms in total. The molecule has 0 fully saturated rings. The SMILES string of the molecule is CC=C=C(CN(CC)C(N)=O)C(=O)ONC(N)=O. The fourth-order valence-electron chi connectivity index (χ4n) is 1.04. The number of nitrogens with one attached hydrogen (secondary N) is 1. The van der Waals surface area contributed by atoms with Gasteiger partial charge in [-0.1, -0.05) is 0 Å². The average molecular weight is 256 g/mol. The zero-order chi connectivity index (χ0) is 14.1. The summed E-state index contributed by atoms with van der Waals surface area (Å²) < 4.78 is 0. The molecule has 0 heterocycles. The van der Waals surface area contributed by atoms with Gasteiger partial charge in [0.1, 0.15) is 5.57 Å². The second-order valence-corrected chi connectivity index (χ2v) is 3.12. The summed E-state index contributed by atoms with van der Waals surface area (Å²) in [5.41, 5.74) is 14.2. The third-order valence-corrected chi connectivity index (χ3v) is 1.85. The fraction of sp³-hybridized carbons (Fsp3) is 0.400. The standard InChI is InChI=1S/C10H16N4O4/c1-3-5-7(6-14(4-2)10(12)17)8(15)18-13-9(11)16/h3H,4,6H2,1-2H3,(H2,12,17)(H3,11,13,16). The van der Waals surface area contributed by atoms with Crippen molar-refractivity contribution in [2.45, 2.75) is 13.8 Å². The number of hydrogen-bond donors (Lipinski definition) is 3. The highest BCUT2D eigenvalue weighted by Gasteiger charge is 2.17. The Morgan fingerprint density at radius 1 is 1.39 bits per heavy atom. The number of rotatable bonds is 4. The molecular formula is C10H16N4O4. The van der Waals surface area contributed by atoms with Crippen molar-refractivity contribution < 1.29 is 19.2 Å². The molecule has 0 spiro atoms. The molecule has 0 aliphatic heterocycles. The molecule has 5 N–H and O–H groups in total. The molecule has 100 valence electrons. The van der Waals surface area contributed by atoms with Crippen LogP contribution in [0.4, 0.5) is 9.59 Å². The fourth-order valence-corrected chi connectivity index (χ4v) is 1.04. The molecule has 0 aromatic rings. The van der Waals surface area contributed by atoms with Crippen molar-refractivity contribution in [3.63, 3.8) is 0 Å². The van der Waals surface area contributed by atoms with Crippen LogP contribution in [0, 0.1) is 0 Å². The highest BCUT2D eigenvalue weighted by Crippen LogP contribution is 2.00. The van der Waals surface area contributed by atoms with E-state index in [2.05, 4.69) is 10.6 Å². The van der Waals surface area contributed by atoms with Crippen molar-refractivity contribution in [1.29, 1.82) is 0 Å². The van der Waals surface area contributed by atoms with E-state index in [-0.39, 0.29) is 12.1 Å². The van der Waals surface area contributed by atoms with Crippen LogP contribution in [0.25, 0.3) is 0 Å². The van der Waals surface area contributed by atoms with Crippen LogP contribution < -0.4 is 16.9 Å². The van der Waals surface area contributed by atoms with E-state index in [0.717, 1.165) is 0 Å². The summed E-state index contributed by atoms with van der Waals surface area (Å²) in [6.07, 6.45) is 1.47. The van der Waals surface area contributed by atoms with Gasteiger partial charge in [0.25, 0.3) is 0 Å². The third kappa shape index (κ3) is 5.57. The lowest BCUT2D eigenvalue weighted by atomic mass is 10.2. The van der Waals surface area contributed by atoms with E-state index in [0.29, 0.717) is 6.54 Å². The predicted octanol–water partition coefficient (Wildman–Crippen LogP) is -0.385. The van der Waals surface area contributed by atoms with Crippen molar-refractivity contribution in [3.8, 4) is 0 Å². The highest BCUT2D eigenvalue weighted by molar-refractivity contribution is 5.90. The first-order valence-corrected chi connectivity index (χ1v) is 5.13. The number of carbonyl (C=O) groups excluding carboxylic acids is 3. The summed E-state index contributed by atoms with van der Waals surface area (Å²) in [7, 11) is 0. The summed E-state index contributed by atoms with van der Waals surface area (Å²) >= 11 is 0. The average Bonchev–Trinajstić information content (AvgIpc) is 2.30. The lowest BCUT2D eigenvalue weighted by Gasteiger charge is -2.18. The normalized spacial score (nSPS) is 8.78. The molecule has 0 unspecified atom stereocenters. The van der Waals surface area contributed by atoms with Crippen LogP contribution >= 0.6 is 0 Å². The van der Waals surface area contributed by atoms with Gasteiger partial charge in [-0.15, -0.1) is 5.73 Å². The van der Waals surface area contributed by atoms with E-state index >= 15 is 0 Å². The summed E-state index contributed by atoms with van der Waals surface area (Å²) in [5, 5.41) is 0. The Kier molecular flexibility index (Phi) is 6.68. The first-order chi connectivity index (χ1) is 8.42. The minimum atomic E-state index is -1.01. The highest BCUT2D eigenvalue weighted by atomic mass is 16.7. The van der Waals surface area contributed by atoms with Gasteiger partial charge in [-0.2, -0.15) is 5.48 Å². The smallest absolute Gasteiger partial charge is 0.351 e. The Morgan fingerprint density at radius 3 is 2.39 bits per heavy atom. The second-order valence-electron chi connectivity index (χ2n) is 3.12. The van der Waals surface area contributed by atoms with Crippen molar-refractivity contribution in [1.82, 2.24) is 10.4 Å². The molecular weight excluding hydrogens is 240 g/mol. The summed E-state index contributed by atoms with van der Waals surface area (Å²) in [4.78, 5) is 38.5. The maximum absolute atomic E-state index is 11.5. The Labute approximate surface area is 104 Å². The quantitative estimate of drug-likeness (QED) is 0.359. The Morgan fingerprint density at radius 2 is 2.00 bits per heavy atom. The van der Waals surface area contributed by atoms with E-state index in [1.165, 1.54) is 11.0 Å². The lowest BCUT2D eigenvalue weighted by molar-refractivity contribution is -0.144. The third-order valence-electron chi connectivity index (χ3n) is 1.85. The Bertz CT molecular complexity index is 399. The molecule has 0 saturated heterocycles. The van der Waals surface area contributed by atoms with Crippen molar-refractivity contribution in [3.05, 3.63) is 17.4 Å². The first-order valence-electron chi connectivity index (χ1n) is 5.13.